The van der Waals surface area contributed by atoms with Gasteiger partial charge >= 0.3 is 217 Å². The van der Waals surface area contributed by atoms with Crippen molar-refractivity contribution in [3.63, 3.8) is 0 Å². The van der Waals surface area contributed by atoms with Gasteiger partial charge in [-0.05, 0) is 25.7 Å². The predicted molar refractivity (Wildman–Crippen MR) is 219 cm³/mol. The van der Waals surface area contributed by atoms with Crippen molar-refractivity contribution in [1.82, 2.24) is 4.98 Å². The van der Waals surface area contributed by atoms with Crippen molar-refractivity contribution in [3.05, 3.63) is 101 Å². The van der Waals surface area contributed by atoms with Gasteiger partial charge in [0.25, 0.3) is 0 Å². The Morgan fingerprint density at radius 3 is 2.19 bits per heavy atom. The van der Waals surface area contributed by atoms with E-state index in [1.165, 1.54) is 36.7 Å². The summed E-state index contributed by atoms with van der Waals surface area (Å²) < 4.78 is 30.8. The average molecular weight is 976 g/mol. The van der Waals surface area contributed by atoms with Crippen molar-refractivity contribution in [2.24, 2.45) is 10.8 Å². The Labute approximate surface area is 341 Å². The Bertz CT molecular complexity index is 2150. The fourth-order valence-corrected chi connectivity index (χ4v) is 9.87. The summed E-state index contributed by atoms with van der Waals surface area (Å²) in [4.78, 5) is 17.0. The zero-order valence-corrected chi connectivity index (χ0v) is 37.7. The van der Waals surface area contributed by atoms with Gasteiger partial charge in [0.15, 0.2) is 5.78 Å². The molecule has 0 saturated heterocycles. The number of ketones is 1. The standard InChI is InChI=1S/C32H28F2NSe.C15H28O2.Ir/c1-19-25-12-14-35-28(23-15-21-7-5-6-8-26(21)27(17-23)31(2,3)4)30(25)36-29(19)22-10-9-20-11-13-32(33,34)18-24(20)16-22;1-7-14(5,8-2)12(16)11-13(17)15(6,9-3)10-4;/h5-10,12,14,16-17H,11,13,18H2,1-4H3;11,16H,7-10H2,1-6H3;/q-1;;/b;12-11-;. The van der Waals surface area contributed by atoms with Crippen molar-refractivity contribution < 1.29 is 38.8 Å². The number of rotatable bonds is 9. The zero-order chi connectivity index (χ0) is 38.9. The van der Waals surface area contributed by atoms with Gasteiger partial charge in [-0.15, -0.1) is 0 Å². The molecule has 3 aromatic carbocycles. The van der Waals surface area contributed by atoms with E-state index in [1.807, 2.05) is 53.8 Å². The molecule has 1 radical (unpaired) electrons. The molecule has 5 aromatic rings. The molecule has 54 heavy (non-hydrogen) atoms. The van der Waals surface area contributed by atoms with E-state index in [-0.39, 0.29) is 75.2 Å². The van der Waals surface area contributed by atoms with E-state index in [2.05, 4.69) is 82.3 Å². The van der Waals surface area contributed by atoms with Crippen molar-refractivity contribution >= 4 is 40.7 Å². The van der Waals surface area contributed by atoms with Crippen LogP contribution in [-0.2, 0) is 43.2 Å². The first-order valence-corrected chi connectivity index (χ1v) is 20.9. The number of halogens is 2. The number of aliphatic hydroxyl groups excluding tert-OH is 1. The van der Waals surface area contributed by atoms with Crippen LogP contribution < -0.4 is 0 Å². The number of aromatic nitrogens is 1. The Kier molecular flexibility index (Phi) is 13.8. The maximum atomic E-state index is 14.1. The van der Waals surface area contributed by atoms with Crippen molar-refractivity contribution in [1.29, 1.82) is 0 Å². The van der Waals surface area contributed by atoms with Crippen LogP contribution in [0, 0.1) is 23.8 Å². The van der Waals surface area contributed by atoms with Crippen LogP contribution in [-0.4, -0.2) is 36.3 Å². The van der Waals surface area contributed by atoms with E-state index >= 15 is 0 Å². The third-order valence-electron chi connectivity index (χ3n) is 12.0. The third-order valence-corrected chi connectivity index (χ3v) is 14.8. The third kappa shape index (κ3) is 9.02. The molecule has 0 saturated carbocycles. The molecule has 1 N–H and O–H groups in total. The number of aliphatic hydroxyl groups is 1. The normalized spacial score (nSPS) is 14.6. The number of hydrogen-bond donors (Lipinski definition) is 1. The van der Waals surface area contributed by atoms with Crippen molar-refractivity contribution in [2.75, 3.05) is 0 Å². The molecule has 0 amide bonds. The van der Waals surface area contributed by atoms with Gasteiger partial charge in [-0.2, -0.15) is 0 Å². The Hall–Kier alpha value is -2.95. The Balaban J connectivity index is 0.000000309. The summed E-state index contributed by atoms with van der Waals surface area (Å²) in [6.45, 7) is 21.0. The molecule has 2 aromatic heterocycles. The maximum Gasteiger partial charge on any atom is 0 e. The molecule has 0 fully saturated rings. The number of carbonyl (C=O) groups excluding carboxylic acids is 1. The maximum absolute atomic E-state index is 14.1. The van der Waals surface area contributed by atoms with Gasteiger partial charge in [0, 0.05) is 37.0 Å². The molecule has 0 atom stereocenters. The number of nitrogens with zero attached hydrogens (tertiary/aromatic N) is 1. The first-order valence-electron chi connectivity index (χ1n) is 19.2. The van der Waals surface area contributed by atoms with Crippen LogP contribution in [0.4, 0.5) is 8.78 Å². The molecule has 0 aliphatic heterocycles. The van der Waals surface area contributed by atoms with Crippen LogP contribution in [0.5, 0.6) is 0 Å². The molecular formula is C47H56F2IrNO2Se-. The largest absolute Gasteiger partial charge is 0 e. The monoisotopic (exact) mass is 977 g/mol. The van der Waals surface area contributed by atoms with Gasteiger partial charge in [-0.3, -0.25) is 4.79 Å². The Morgan fingerprint density at radius 1 is 0.907 bits per heavy atom. The van der Waals surface area contributed by atoms with Gasteiger partial charge in [-0.25, -0.2) is 0 Å². The predicted octanol–water partition coefficient (Wildman–Crippen LogP) is 13.0. The number of hydrogen-bond acceptors (Lipinski definition) is 3. The van der Waals surface area contributed by atoms with E-state index in [4.69, 9.17) is 4.98 Å². The second-order valence-electron chi connectivity index (χ2n) is 16.4. The quantitative estimate of drug-likeness (QED) is 0.0693. The van der Waals surface area contributed by atoms with E-state index in [0.29, 0.717) is 6.42 Å². The SMILES string of the molecule is CCC(C)(CC)C(=O)/C=C(\O)C(C)(CC)CC.Cc1c(-c2ccc3c(c2)CC(F)(F)CC3)[se]c2c(-c3[c-]c4ccccc4c(C(C)(C)C)c3)nccc12.[Ir]. The number of benzene rings is 3. The number of carbonyl (C=O) groups is 1. The van der Waals surface area contributed by atoms with Crippen LogP contribution in [0.15, 0.2) is 72.6 Å². The minimum Gasteiger partial charge on any atom is 0 e. The molecule has 6 rings (SSSR count). The molecular weight excluding hydrogens is 920 g/mol. The number of alkyl halides is 2. The summed E-state index contributed by atoms with van der Waals surface area (Å²) in [6.07, 6.45) is 6.89. The summed E-state index contributed by atoms with van der Waals surface area (Å²) in [5.74, 6) is -2.32. The van der Waals surface area contributed by atoms with Crippen LogP contribution in [0.2, 0.25) is 0 Å². The van der Waals surface area contributed by atoms with Gasteiger partial charge in [0.2, 0.25) is 0 Å². The van der Waals surface area contributed by atoms with Gasteiger partial charge in [0.05, 0.1) is 0 Å². The van der Waals surface area contributed by atoms with Crippen LogP contribution in [0.3, 0.4) is 0 Å². The molecule has 1 aliphatic carbocycles. The van der Waals surface area contributed by atoms with Crippen LogP contribution >= 0.6 is 0 Å². The van der Waals surface area contributed by atoms with Crippen LogP contribution in [0.1, 0.15) is 117 Å². The molecule has 291 valence electrons. The molecule has 0 spiro atoms. The topological polar surface area (TPSA) is 50.2 Å². The molecule has 3 nitrogen and oxygen atoms in total. The molecule has 7 heteroatoms. The Morgan fingerprint density at radius 2 is 1.56 bits per heavy atom. The second kappa shape index (κ2) is 17.0. The van der Waals surface area contributed by atoms with E-state index in [1.54, 1.807) is 0 Å². The van der Waals surface area contributed by atoms with Crippen LogP contribution in [0.25, 0.3) is 41.7 Å². The molecule has 0 unspecified atom stereocenters. The summed E-state index contributed by atoms with van der Waals surface area (Å²) in [5, 5.41) is 13.7. The smallest absolute Gasteiger partial charge is 0 e. The average Bonchev–Trinajstić information content (AvgIpc) is 3.48. The molecule has 1 aliphatic rings. The zero-order valence-electron chi connectivity index (χ0n) is 33.6. The fourth-order valence-electron chi connectivity index (χ4n) is 7.14. The number of fused-ring (bicyclic) bond motifs is 3. The second-order valence-corrected chi connectivity index (χ2v) is 18.6. The van der Waals surface area contributed by atoms with Crippen molar-refractivity contribution in [2.45, 2.75) is 126 Å². The van der Waals surface area contributed by atoms with E-state index in [0.717, 1.165) is 59.0 Å². The minimum atomic E-state index is -2.60. The number of aryl methyl sites for hydroxylation is 2. The first kappa shape index (κ1) is 43.8. The van der Waals surface area contributed by atoms with Gasteiger partial charge in [0.1, 0.15) is 5.76 Å². The van der Waals surface area contributed by atoms with E-state index < -0.39 is 5.92 Å². The fraction of sp³-hybridized carbons (Fsp3) is 0.447. The summed E-state index contributed by atoms with van der Waals surface area (Å²) in [5.41, 5.74) is 6.85. The molecule has 2 heterocycles. The summed E-state index contributed by atoms with van der Waals surface area (Å²) in [6, 6.07) is 22.7. The number of allylic oxidation sites excluding steroid dienone is 2. The van der Waals surface area contributed by atoms with Gasteiger partial charge in [-0.1, -0.05) is 41.5 Å². The minimum absolute atomic E-state index is 0. The molecule has 0 bridgehead atoms. The van der Waals surface area contributed by atoms with Gasteiger partial charge < -0.3 is 5.11 Å². The number of pyridine rings is 1. The van der Waals surface area contributed by atoms with Crippen molar-refractivity contribution in [3.8, 4) is 21.3 Å². The van der Waals surface area contributed by atoms with E-state index in [9.17, 15) is 18.7 Å². The first-order chi connectivity index (χ1) is 24.9. The summed E-state index contributed by atoms with van der Waals surface area (Å²) >= 11 is 0.0236. The summed E-state index contributed by atoms with van der Waals surface area (Å²) in [7, 11) is 0.